The van der Waals surface area contributed by atoms with E-state index in [-0.39, 0.29) is 17.5 Å². The molecule has 0 atom stereocenters. The van der Waals surface area contributed by atoms with Gasteiger partial charge in [0.05, 0.1) is 23.5 Å². The van der Waals surface area contributed by atoms with Crippen LogP contribution in [-0.4, -0.2) is 47.0 Å². The first-order valence-corrected chi connectivity index (χ1v) is 9.24. The highest BCUT2D eigenvalue weighted by atomic mass is 32.2. The number of rotatable bonds is 4. The van der Waals surface area contributed by atoms with Crippen LogP contribution in [0.5, 0.6) is 0 Å². The van der Waals surface area contributed by atoms with E-state index in [2.05, 4.69) is 15.1 Å². The maximum atomic E-state index is 12.0. The zero-order chi connectivity index (χ0) is 18.1. The molecule has 2 rings (SSSR count). The first-order valence-electron chi connectivity index (χ1n) is 7.35. The van der Waals surface area contributed by atoms with E-state index in [9.17, 15) is 13.2 Å². The van der Waals surface area contributed by atoms with Crippen molar-refractivity contribution in [2.24, 2.45) is 0 Å². The fourth-order valence-electron chi connectivity index (χ4n) is 2.04. The molecule has 0 saturated carbocycles. The minimum atomic E-state index is -3.54. The maximum absolute atomic E-state index is 12.0. The van der Waals surface area contributed by atoms with E-state index in [4.69, 9.17) is 4.74 Å². The summed E-state index contributed by atoms with van der Waals surface area (Å²) in [5, 5.41) is 4.02. The Labute approximate surface area is 140 Å². The second-order valence-corrected chi connectivity index (χ2v) is 8.12. The van der Waals surface area contributed by atoms with E-state index < -0.39 is 21.3 Å². The van der Waals surface area contributed by atoms with Crippen molar-refractivity contribution in [2.45, 2.75) is 38.4 Å². The van der Waals surface area contributed by atoms with Crippen LogP contribution in [-0.2, 0) is 20.1 Å². The van der Waals surface area contributed by atoms with E-state index in [1.54, 1.807) is 17.7 Å². The van der Waals surface area contributed by atoms with Crippen LogP contribution in [0.15, 0.2) is 23.5 Å². The monoisotopic (exact) mass is 352 g/mol. The predicted octanol–water partition coefficient (Wildman–Crippen LogP) is 1.68. The Kier molecular flexibility index (Phi) is 4.75. The van der Waals surface area contributed by atoms with Crippen LogP contribution in [0.4, 0.5) is 0 Å². The predicted molar refractivity (Wildman–Crippen MR) is 87.3 cm³/mol. The lowest BCUT2D eigenvalue weighted by Gasteiger charge is -2.22. The summed E-state index contributed by atoms with van der Waals surface area (Å²) in [6.07, 6.45) is 2.40. The Bertz CT molecular complexity index is 866. The summed E-state index contributed by atoms with van der Waals surface area (Å²) in [6.45, 7) is 7.69. The molecular weight excluding hydrogens is 332 g/mol. The molecule has 9 heteroatoms. The number of esters is 1. The number of sulfone groups is 1. The summed E-state index contributed by atoms with van der Waals surface area (Å²) in [5.41, 5.74) is 0.568. The fraction of sp³-hybridized carbons (Fsp3) is 0.467. The van der Waals surface area contributed by atoms with Crippen LogP contribution < -0.4 is 0 Å². The molecule has 2 heterocycles. The number of hydrogen-bond donors (Lipinski definition) is 0. The molecular formula is C15H20N4O4S. The molecule has 2 aromatic rings. The first kappa shape index (κ1) is 18.1. The fourth-order valence-corrected chi connectivity index (χ4v) is 2.56. The lowest BCUT2D eigenvalue weighted by atomic mass is 10.1. The van der Waals surface area contributed by atoms with Gasteiger partial charge in [-0.3, -0.25) is 4.68 Å². The average Bonchev–Trinajstić information content (AvgIpc) is 2.92. The minimum Gasteiger partial charge on any atom is -0.461 e. The van der Waals surface area contributed by atoms with Crippen molar-refractivity contribution in [1.82, 2.24) is 19.7 Å². The molecule has 0 aliphatic heterocycles. The maximum Gasteiger partial charge on any atom is 0.358 e. The largest absolute Gasteiger partial charge is 0.461 e. The Morgan fingerprint density at radius 2 is 2.00 bits per heavy atom. The van der Waals surface area contributed by atoms with E-state index in [0.717, 1.165) is 6.26 Å². The lowest BCUT2D eigenvalue weighted by Crippen LogP contribution is -2.25. The van der Waals surface area contributed by atoms with E-state index >= 15 is 0 Å². The van der Waals surface area contributed by atoms with Crippen LogP contribution in [0.1, 0.15) is 38.2 Å². The molecule has 0 unspecified atom stereocenters. The van der Waals surface area contributed by atoms with Gasteiger partial charge in [-0.15, -0.1) is 0 Å². The van der Waals surface area contributed by atoms with Gasteiger partial charge in [-0.05, 0) is 33.8 Å². The summed E-state index contributed by atoms with van der Waals surface area (Å²) in [6, 6.07) is 3.11. The molecule has 2 aromatic heterocycles. The highest BCUT2D eigenvalue weighted by Gasteiger charge is 2.25. The van der Waals surface area contributed by atoms with Crippen molar-refractivity contribution < 1.29 is 17.9 Å². The molecule has 0 radical (unpaired) electrons. The Morgan fingerprint density at radius 1 is 1.33 bits per heavy atom. The van der Waals surface area contributed by atoms with Crippen molar-refractivity contribution in [3.63, 3.8) is 0 Å². The van der Waals surface area contributed by atoms with Gasteiger partial charge in [0.1, 0.15) is 0 Å². The molecule has 0 aliphatic rings. The SMILES string of the molecule is CCOC(=O)c1cc(-c2ccnc(S(C)(=O)=O)n2)n(C(C)(C)C)n1. The van der Waals surface area contributed by atoms with Crippen LogP contribution in [0.3, 0.4) is 0 Å². The summed E-state index contributed by atoms with van der Waals surface area (Å²) in [5.74, 6) is -0.542. The topological polar surface area (TPSA) is 104 Å². The Hall–Kier alpha value is -2.29. The number of nitrogens with zero attached hydrogens (tertiary/aromatic N) is 4. The van der Waals surface area contributed by atoms with Gasteiger partial charge >= 0.3 is 5.97 Å². The third-order valence-corrected chi connectivity index (χ3v) is 3.92. The summed E-state index contributed by atoms with van der Waals surface area (Å²) < 4.78 is 29.9. The van der Waals surface area contributed by atoms with Crippen molar-refractivity contribution >= 4 is 15.8 Å². The van der Waals surface area contributed by atoms with Gasteiger partial charge in [-0.25, -0.2) is 23.2 Å². The Morgan fingerprint density at radius 3 is 2.54 bits per heavy atom. The van der Waals surface area contributed by atoms with E-state index in [0.29, 0.717) is 11.4 Å². The van der Waals surface area contributed by atoms with Crippen LogP contribution in [0.25, 0.3) is 11.4 Å². The number of ether oxygens (including phenoxy) is 1. The molecule has 0 amide bonds. The van der Waals surface area contributed by atoms with Gasteiger partial charge < -0.3 is 4.74 Å². The minimum absolute atomic E-state index is 0.140. The summed E-state index contributed by atoms with van der Waals surface area (Å²) in [7, 11) is -3.54. The zero-order valence-corrected chi connectivity index (χ0v) is 15.1. The van der Waals surface area contributed by atoms with Gasteiger partial charge in [0.15, 0.2) is 5.69 Å². The second kappa shape index (κ2) is 6.31. The lowest BCUT2D eigenvalue weighted by molar-refractivity contribution is 0.0517. The second-order valence-electron chi connectivity index (χ2n) is 6.21. The van der Waals surface area contributed by atoms with Gasteiger partial charge in [0.2, 0.25) is 15.0 Å². The molecule has 0 aromatic carbocycles. The molecule has 0 spiro atoms. The summed E-state index contributed by atoms with van der Waals surface area (Å²) >= 11 is 0. The standard InChI is InChI=1S/C15H20N4O4S/c1-6-23-13(20)11-9-12(19(18-11)15(2,3)4)10-7-8-16-14(17-10)24(5,21)22/h7-9H,6H2,1-5H3. The molecule has 130 valence electrons. The van der Waals surface area contributed by atoms with Crippen molar-refractivity contribution in [2.75, 3.05) is 12.9 Å². The van der Waals surface area contributed by atoms with E-state index in [1.165, 1.54) is 12.3 Å². The van der Waals surface area contributed by atoms with Gasteiger partial charge in [-0.2, -0.15) is 5.10 Å². The van der Waals surface area contributed by atoms with Gasteiger partial charge in [0, 0.05) is 18.5 Å². The van der Waals surface area contributed by atoms with Gasteiger partial charge in [0.25, 0.3) is 0 Å². The molecule has 0 aliphatic carbocycles. The van der Waals surface area contributed by atoms with Crippen molar-refractivity contribution in [3.05, 3.63) is 24.0 Å². The number of carbonyl (C=O) groups excluding carboxylic acids is 1. The third-order valence-electron chi connectivity index (χ3n) is 3.06. The Balaban J connectivity index is 2.63. The van der Waals surface area contributed by atoms with Gasteiger partial charge in [-0.1, -0.05) is 0 Å². The van der Waals surface area contributed by atoms with Crippen LogP contribution in [0.2, 0.25) is 0 Å². The highest BCUT2D eigenvalue weighted by Crippen LogP contribution is 2.26. The molecule has 0 saturated heterocycles. The average molecular weight is 352 g/mol. The molecule has 0 fully saturated rings. The smallest absolute Gasteiger partial charge is 0.358 e. The number of aromatic nitrogens is 4. The van der Waals surface area contributed by atoms with Crippen molar-refractivity contribution in [3.8, 4) is 11.4 Å². The van der Waals surface area contributed by atoms with Crippen molar-refractivity contribution in [1.29, 1.82) is 0 Å². The molecule has 24 heavy (non-hydrogen) atoms. The number of hydrogen-bond acceptors (Lipinski definition) is 7. The third kappa shape index (κ3) is 3.78. The number of carbonyl (C=O) groups is 1. The molecule has 8 nitrogen and oxygen atoms in total. The van der Waals surface area contributed by atoms with Crippen LogP contribution >= 0.6 is 0 Å². The van der Waals surface area contributed by atoms with E-state index in [1.807, 2.05) is 20.8 Å². The zero-order valence-electron chi connectivity index (χ0n) is 14.3. The normalized spacial score (nSPS) is 12.2. The highest BCUT2D eigenvalue weighted by molar-refractivity contribution is 7.90. The summed E-state index contributed by atoms with van der Waals surface area (Å²) in [4.78, 5) is 19.8. The molecule has 0 N–H and O–H groups in total. The molecule has 0 bridgehead atoms. The quantitative estimate of drug-likeness (QED) is 0.609. The van der Waals surface area contributed by atoms with Crippen LogP contribution in [0, 0.1) is 0 Å². The first-order chi connectivity index (χ1) is 11.0.